The molecule has 268 valence electrons. The van der Waals surface area contributed by atoms with Gasteiger partial charge in [0.15, 0.2) is 23.0 Å². The summed E-state index contributed by atoms with van der Waals surface area (Å²) in [6, 6.07) is 10.9. The van der Waals surface area contributed by atoms with Gasteiger partial charge in [0.05, 0.1) is 88.0 Å². The van der Waals surface area contributed by atoms with Gasteiger partial charge in [-0.05, 0) is 0 Å². The van der Waals surface area contributed by atoms with E-state index in [-0.39, 0.29) is 13.2 Å². The summed E-state index contributed by atoms with van der Waals surface area (Å²) in [5.41, 5.74) is 1.67. The molecule has 2 rings (SSSR count). The minimum atomic E-state index is 0.246. The van der Waals surface area contributed by atoms with E-state index in [2.05, 4.69) is 22.1 Å². The monoisotopic (exact) mass is 684 g/mol. The molecule has 0 unspecified atom stereocenters. The van der Waals surface area contributed by atoms with Crippen molar-refractivity contribution in [2.75, 3.05) is 122 Å². The molecule has 0 fully saturated rings. The van der Waals surface area contributed by atoms with E-state index in [4.69, 9.17) is 42.6 Å². The highest BCUT2D eigenvalue weighted by molar-refractivity contribution is 5.69. The summed E-state index contributed by atoms with van der Waals surface area (Å²) in [5, 5.41) is 19.2. The Kier molecular flexibility index (Phi) is 20.3. The molecule has 0 aromatic heterocycles. The summed E-state index contributed by atoms with van der Waals surface area (Å²) in [7, 11) is 10.6. The Hall–Kier alpha value is -4.64. The molecule has 0 atom stereocenters. The van der Waals surface area contributed by atoms with Crippen molar-refractivity contribution >= 4 is 24.1 Å². The summed E-state index contributed by atoms with van der Waals surface area (Å²) in [5.74, 6) is 1.76. The maximum atomic E-state index is 9.60. The quantitative estimate of drug-likeness (QED) is 0.0806. The number of methoxy groups -OCH3 is 2. The maximum absolute atomic E-state index is 9.60. The van der Waals surface area contributed by atoms with E-state index < -0.39 is 0 Å². The van der Waals surface area contributed by atoms with Crippen molar-refractivity contribution in [2.24, 2.45) is 9.98 Å². The normalized spacial score (nSPS) is 11.0. The fourth-order valence-electron chi connectivity index (χ4n) is 3.73. The van der Waals surface area contributed by atoms with Gasteiger partial charge < -0.3 is 52.4 Å². The molecular formula is C34H48N6O9. The molecule has 0 heterocycles. The molecule has 49 heavy (non-hydrogen) atoms. The van der Waals surface area contributed by atoms with Crippen LogP contribution in [0, 0.1) is 22.7 Å². The third-order valence-corrected chi connectivity index (χ3v) is 6.03. The van der Waals surface area contributed by atoms with E-state index in [9.17, 15) is 10.5 Å². The standard InChI is InChI=1S/C34H48N6O9/c1-39(2)25-37-29-21-33(46-15-7-41-5)31(19-27(29)23-35)48-17-13-44-11-9-43-10-12-45-14-18-49-32-20-28(24-36)30(38-26-40(3)4)22-34(32)47-16-8-42-6/h19-22,25-26H,7-18H2,1-6H3/b37-25+,38-26+. The molecule has 0 saturated heterocycles. The van der Waals surface area contributed by atoms with E-state index in [1.54, 1.807) is 61.0 Å². The molecule has 0 amide bonds. The molecule has 0 N–H and O–H groups in total. The summed E-state index contributed by atoms with van der Waals surface area (Å²) in [6.45, 7) is 4.04. The molecule has 0 radical (unpaired) electrons. The van der Waals surface area contributed by atoms with Crippen LogP contribution in [0.5, 0.6) is 23.0 Å². The molecule has 2 aromatic rings. The van der Waals surface area contributed by atoms with Crippen LogP contribution in [0.4, 0.5) is 11.4 Å². The molecule has 15 heteroatoms. The van der Waals surface area contributed by atoms with Gasteiger partial charge in [-0.25, -0.2) is 9.98 Å². The van der Waals surface area contributed by atoms with Gasteiger partial charge in [0.2, 0.25) is 0 Å². The summed E-state index contributed by atoms with van der Waals surface area (Å²) in [6.07, 6.45) is 3.22. The average molecular weight is 685 g/mol. The van der Waals surface area contributed by atoms with E-state index in [1.165, 1.54) is 0 Å². The molecule has 15 nitrogen and oxygen atoms in total. The highest BCUT2D eigenvalue weighted by Gasteiger charge is 2.14. The van der Waals surface area contributed by atoms with E-state index >= 15 is 0 Å². The molecule has 0 bridgehead atoms. The third-order valence-electron chi connectivity index (χ3n) is 6.03. The van der Waals surface area contributed by atoms with Crippen molar-refractivity contribution in [1.82, 2.24) is 9.80 Å². The highest BCUT2D eigenvalue weighted by Crippen LogP contribution is 2.36. The summed E-state index contributed by atoms with van der Waals surface area (Å²) >= 11 is 0. The van der Waals surface area contributed by atoms with E-state index in [0.717, 1.165) is 0 Å². The van der Waals surface area contributed by atoms with Crippen molar-refractivity contribution in [2.45, 2.75) is 0 Å². The predicted molar refractivity (Wildman–Crippen MR) is 184 cm³/mol. The molecular weight excluding hydrogens is 636 g/mol. The second kappa shape index (κ2) is 24.5. The Morgan fingerprint density at radius 1 is 0.510 bits per heavy atom. The van der Waals surface area contributed by atoms with Crippen LogP contribution in [0.3, 0.4) is 0 Å². The van der Waals surface area contributed by atoms with Gasteiger partial charge in [-0.15, -0.1) is 0 Å². The zero-order valence-electron chi connectivity index (χ0n) is 29.3. The van der Waals surface area contributed by atoms with Crippen molar-refractivity contribution in [3.05, 3.63) is 35.4 Å². The number of benzene rings is 2. The first-order chi connectivity index (χ1) is 23.8. The van der Waals surface area contributed by atoms with Crippen LogP contribution in [0.1, 0.15) is 11.1 Å². The van der Waals surface area contributed by atoms with Gasteiger partial charge in [-0.1, -0.05) is 0 Å². The molecule has 0 aliphatic heterocycles. The van der Waals surface area contributed by atoms with Crippen LogP contribution in [0.15, 0.2) is 34.3 Å². The number of aliphatic imine (C=N–C) groups is 2. The molecule has 2 aromatic carbocycles. The van der Waals surface area contributed by atoms with Crippen LogP contribution >= 0.6 is 0 Å². The first-order valence-corrected chi connectivity index (χ1v) is 15.6. The first-order valence-electron chi connectivity index (χ1n) is 15.6. The topological polar surface area (TPSA) is 162 Å². The predicted octanol–water partition coefficient (Wildman–Crippen LogP) is 3.43. The van der Waals surface area contributed by atoms with Gasteiger partial charge in [0, 0.05) is 66.7 Å². The number of hydrogen-bond donors (Lipinski definition) is 0. The second-order valence-corrected chi connectivity index (χ2v) is 10.5. The summed E-state index contributed by atoms with van der Waals surface area (Å²) in [4.78, 5) is 12.3. The Bertz CT molecular complexity index is 1290. The zero-order chi connectivity index (χ0) is 35.7. The lowest BCUT2D eigenvalue weighted by Gasteiger charge is -2.15. The van der Waals surface area contributed by atoms with Gasteiger partial charge >= 0.3 is 0 Å². The van der Waals surface area contributed by atoms with Crippen LogP contribution < -0.4 is 18.9 Å². The SMILES string of the molecule is COCCOc1cc(/N=C/N(C)C)c(C#N)cc1OCCOCCOCCOCCOc1cc(C#N)c(/N=C/N(C)C)cc1OCCOC. The molecule has 0 saturated carbocycles. The van der Waals surface area contributed by atoms with Crippen molar-refractivity contribution < 1.29 is 42.6 Å². The Labute approximate surface area is 289 Å². The van der Waals surface area contributed by atoms with Crippen LogP contribution in [0.2, 0.25) is 0 Å². The lowest BCUT2D eigenvalue weighted by molar-refractivity contribution is 0.00469. The van der Waals surface area contributed by atoms with Gasteiger partial charge in [-0.3, -0.25) is 0 Å². The van der Waals surface area contributed by atoms with Crippen molar-refractivity contribution in [3.8, 4) is 35.1 Å². The molecule has 0 aliphatic carbocycles. The Morgan fingerprint density at radius 2 is 0.816 bits per heavy atom. The third kappa shape index (κ3) is 16.3. The number of ether oxygens (including phenoxy) is 9. The van der Waals surface area contributed by atoms with E-state index in [0.29, 0.717) is 112 Å². The minimum absolute atomic E-state index is 0.246. The Morgan fingerprint density at radius 3 is 1.12 bits per heavy atom. The highest BCUT2D eigenvalue weighted by atomic mass is 16.6. The summed E-state index contributed by atoms with van der Waals surface area (Å²) < 4.78 is 50.3. The molecule has 0 spiro atoms. The van der Waals surface area contributed by atoms with Crippen molar-refractivity contribution in [3.63, 3.8) is 0 Å². The Balaban J connectivity index is 1.70. The zero-order valence-corrected chi connectivity index (χ0v) is 29.3. The number of hydrogen-bond acceptors (Lipinski definition) is 13. The van der Waals surface area contributed by atoms with Crippen LogP contribution in [0.25, 0.3) is 0 Å². The van der Waals surface area contributed by atoms with Crippen molar-refractivity contribution in [1.29, 1.82) is 10.5 Å². The van der Waals surface area contributed by atoms with Gasteiger partial charge in [0.25, 0.3) is 0 Å². The van der Waals surface area contributed by atoms with Gasteiger partial charge in [-0.2, -0.15) is 10.5 Å². The maximum Gasteiger partial charge on any atom is 0.163 e. The van der Waals surface area contributed by atoms with E-state index in [1.807, 2.05) is 28.2 Å². The fraction of sp³-hybridized carbons (Fsp3) is 0.529. The van der Waals surface area contributed by atoms with Crippen LogP contribution in [-0.2, 0) is 23.7 Å². The lowest BCUT2D eigenvalue weighted by atomic mass is 10.1. The first kappa shape index (κ1) is 40.5. The lowest BCUT2D eigenvalue weighted by Crippen LogP contribution is -2.15. The number of nitrogens with zero attached hydrogens (tertiary/aromatic N) is 6. The number of nitriles is 2. The smallest absolute Gasteiger partial charge is 0.163 e. The second-order valence-electron chi connectivity index (χ2n) is 10.5. The largest absolute Gasteiger partial charge is 0.487 e. The van der Waals surface area contributed by atoms with Crippen LogP contribution in [-0.4, -0.2) is 144 Å². The fourth-order valence-corrected chi connectivity index (χ4v) is 3.73. The van der Waals surface area contributed by atoms with Gasteiger partial charge in [0.1, 0.15) is 38.6 Å². The minimum Gasteiger partial charge on any atom is -0.487 e. The number of rotatable bonds is 26. The average Bonchev–Trinajstić information content (AvgIpc) is 3.09. The molecule has 0 aliphatic rings.